The maximum atomic E-state index is 5.23. The van der Waals surface area contributed by atoms with Gasteiger partial charge in [0.1, 0.15) is 0 Å². The highest BCUT2D eigenvalue weighted by atomic mass is 16.5. The van der Waals surface area contributed by atoms with Crippen LogP contribution in [-0.2, 0) is 4.74 Å². The zero-order chi connectivity index (χ0) is 7.40. The Hall–Kier alpha value is -0.120. The van der Waals surface area contributed by atoms with Crippen molar-refractivity contribution >= 4 is 0 Å². The van der Waals surface area contributed by atoms with Crippen LogP contribution in [0.4, 0.5) is 0 Å². The van der Waals surface area contributed by atoms with Crippen molar-refractivity contribution in [2.45, 2.75) is 6.42 Å². The molecule has 1 saturated heterocycles. The number of hydrazine groups is 1. The molecule has 0 aromatic carbocycles. The van der Waals surface area contributed by atoms with Crippen LogP contribution in [0.1, 0.15) is 6.42 Å². The normalized spacial score (nSPS) is 26.1. The number of hydrogen-bond acceptors (Lipinski definition) is 3. The summed E-state index contributed by atoms with van der Waals surface area (Å²) in [7, 11) is 4.02. The van der Waals surface area contributed by atoms with Crippen LogP contribution in [0.2, 0.25) is 0 Å². The van der Waals surface area contributed by atoms with Gasteiger partial charge >= 0.3 is 0 Å². The fourth-order valence-corrected chi connectivity index (χ4v) is 1.06. The Morgan fingerprint density at radius 1 is 1.60 bits per heavy atom. The SMILES string of the molecule is CN(C)NCC1CCOC1. The van der Waals surface area contributed by atoms with Crippen LogP contribution in [0.15, 0.2) is 0 Å². The van der Waals surface area contributed by atoms with Gasteiger partial charge in [-0.15, -0.1) is 0 Å². The van der Waals surface area contributed by atoms with E-state index in [1.807, 2.05) is 19.1 Å². The van der Waals surface area contributed by atoms with Crippen LogP contribution in [0.3, 0.4) is 0 Å². The summed E-state index contributed by atoms with van der Waals surface area (Å²) in [5.74, 6) is 0.724. The molecule has 0 amide bonds. The second-order valence-corrected chi connectivity index (χ2v) is 2.99. The first kappa shape index (κ1) is 7.98. The van der Waals surface area contributed by atoms with Crippen LogP contribution in [-0.4, -0.2) is 38.9 Å². The lowest BCUT2D eigenvalue weighted by atomic mass is 10.1. The predicted octanol–water partition coefficient (Wildman–Crippen LogP) is 0.0891. The molecule has 3 heteroatoms. The third-order valence-electron chi connectivity index (χ3n) is 1.72. The molecule has 0 aromatic heterocycles. The zero-order valence-corrected chi connectivity index (χ0v) is 6.76. The van der Waals surface area contributed by atoms with E-state index in [4.69, 9.17) is 4.74 Å². The van der Waals surface area contributed by atoms with Gasteiger partial charge in [-0.05, 0) is 12.3 Å². The molecule has 0 aliphatic carbocycles. The predicted molar refractivity (Wildman–Crippen MR) is 40.6 cm³/mol. The first-order valence-corrected chi connectivity index (χ1v) is 3.77. The van der Waals surface area contributed by atoms with E-state index in [0.717, 1.165) is 25.7 Å². The molecule has 1 aliphatic heterocycles. The fourth-order valence-electron chi connectivity index (χ4n) is 1.06. The topological polar surface area (TPSA) is 24.5 Å². The molecule has 10 heavy (non-hydrogen) atoms. The van der Waals surface area contributed by atoms with Gasteiger partial charge in [0.25, 0.3) is 0 Å². The van der Waals surface area contributed by atoms with Crippen molar-refractivity contribution in [1.82, 2.24) is 10.4 Å². The van der Waals surface area contributed by atoms with E-state index in [-0.39, 0.29) is 0 Å². The second kappa shape index (κ2) is 3.91. The molecule has 0 bridgehead atoms. The van der Waals surface area contributed by atoms with Crippen molar-refractivity contribution in [3.8, 4) is 0 Å². The second-order valence-electron chi connectivity index (χ2n) is 2.99. The molecule has 60 valence electrons. The van der Waals surface area contributed by atoms with Gasteiger partial charge in [-0.2, -0.15) is 0 Å². The summed E-state index contributed by atoms with van der Waals surface area (Å²) < 4.78 is 5.23. The molecule has 1 atom stereocenters. The van der Waals surface area contributed by atoms with Crippen LogP contribution in [0, 0.1) is 5.92 Å². The molecule has 3 nitrogen and oxygen atoms in total. The summed E-state index contributed by atoms with van der Waals surface area (Å²) >= 11 is 0. The van der Waals surface area contributed by atoms with E-state index >= 15 is 0 Å². The lowest BCUT2D eigenvalue weighted by Crippen LogP contribution is -2.34. The number of nitrogens with one attached hydrogen (secondary N) is 1. The van der Waals surface area contributed by atoms with Crippen LogP contribution in [0.25, 0.3) is 0 Å². The Morgan fingerprint density at radius 2 is 2.40 bits per heavy atom. The fraction of sp³-hybridized carbons (Fsp3) is 1.00. The summed E-state index contributed by atoms with van der Waals surface area (Å²) in [5, 5.41) is 1.98. The van der Waals surface area contributed by atoms with Crippen molar-refractivity contribution in [1.29, 1.82) is 0 Å². The van der Waals surface area contributed by atoms with E-state index in [9.17, 15) is 0 Å². The molecule has 0 saturated carbocycles. The van der Waals surface area contributed by atoms with E-state index < -0.39 is 0 Å². The van der Waals surface area contributed by atoms with Gasteiger partial charge in [-0.25, -0.2) is 0 Å². The van der Waals surface area contributed by atoms with Gasteiger partial charge in [0, 0.05) is 27.2 Å². The monoisotopic (exact) mass is 144 g/mol. The molecular formula is C7H16N2O. The molecule has 1 fully saturated rings. The maximum absolute atomic E-state index is 5.23. The van der Waals surface area contributed by atoms with E-state index in [2.05, 4.69) is 5.43 Å². The third-order valence-corrected chi connectivity index (χ3v) is 1.72. The minimum Gasteiger partial charge on any atom is -0.381 e. The lowest BCUT2D eigenvalue weighted by Gasteiger charge is -2.14. The van der Waals surface area contributed by atoms with E-state index in [1.165, 1.54) is 6.42 Å². The summed E-state index contributed by atoms with van der Waals surface area (Å²) in [5.41, 5.74) is 3.24. The molecule has 0 aromatic rings. The van der Waals surface area contributed by atoms with Crippen molar-refractivity contribution in [2.24, 2.45) is 5.92 Å². The van der Waals surface area contributed by atoms with Crippen molar-refractivity contribution in [3.63, 3.8) is 0 Å². The number of rotatable bonds is 3. The summed E-state index contributed by atoms with van der Waals surface area (Å²) in [6.45, 7) is 2.92. The largest absolute Gasteiger partial charge is 0.381 e. The van der Waals surface area contributed by atoms with Crippen LogP contribution < -0.4 is 5.43 Å². The molecule has 1 N–H and O–H groups in total. The van der Waals surface area contributed by atoms with Gasteiger partial charge in [0.2, 0.25) is 0 Å². The quantitative estimate of drug-likeness (QED) is 0.568. The molecule has 1 aliphatic rings. The Bertz CT molecular complexity index is 89.6. The molecular weight excluding hydrogens is 128 g/mol. The van der Waals surface area contributed by atoms with Gasteiger partial charge in [0.05, 0.1) is 6.61 Å². The number of ether oxygens (including phenoxy) is 1. The van der Waals surface area contributed by atoms with Gasteiger partial charge < -0.3 is 4.74 Å². The van der Waals surface area contributed by atoms with Crippen molar-refractivity contribution in [2.75, 3.05) is 33.9 Å². The van der Waals surface area contributed by atoms with Crippen molar-refractivity contribution in [3.05, 3.63) is 0 Å². The minimum atomic E-state index is 0.724. The van der Waals surface area contributed by atoms with E-state index in [1.54, 1.807) is 0 Å². The summed E-state index contributed by atoms with van der Waals surface area (Å²) in [6.07, 6.45) is 1.21. The highest BCUT2D eigenvalue weighted by Crippen LogP contribution is 2.10. The zero-order valence-electron chi connectivity index (χ0n) is 6.76. The number of nitrogens with zero attached hydrogens (tertiary/aromatic N) is 1. The summed E-state index contributed by atoms with van der Waals surface area (Å²) in [4.78, 5) is 0. The van der Waals surface area contributed by atoms with Crippen LogP contribution >= 0.6 is 0 Å². The minimum absolute atomic E-state index is 0.724. The smallest absolute Gasteiger partial charge is 0.0507 e. The first-order chi connectivity index (χ1) is 4.79. The van der Waals surface area contributed by atoms with Gasteiger partial charge in [-0.3, -0.25) is 10.4 Å². The first-order valence-electron chi connectivity index (χ1n) is 3.77. The highest BCUT2D eigenvalue weighted by Gasteiger charge is 2.14. The van der Waals surface area contributed by atoms with Crippen LogP contribution in [0.5, 0.6) is 0 Å². The molecule has 0 spiro atoms. The average molecular weight is 144 g/mol. The molecule has 1 heterocycles. The lowest BCUT2D eigenvalue weighted by molar-refractivity contribution is 0.177. The van der Waals surface area contributed by atoms with Crippen molar-refractivity contribution < 1.29 is 4.74 Å². The highest BCUT2D eigenvalue weighted by molar-refractivity contribution is 4.64. The molecule has 0 radical (unpaired) electrons. The molecule has 1 unspecified atom stereocenters. The third kappa shape index (κ3) is 2.64. The van der Waals surface area contributed by atoms with Gasteiger partial charge in [-0.1, -0.05) is 0 Å². The molecule has 1 rings (SSSR count). The average Bonchev–Trinajstić information content (AvgIpc) is 2.34. The Balaban J connectivity index is 2.01. The van der Waals surface area contributed by atoms with E-state index in [0.29, 0.717) is 0 Å². The Labute approximate surface area is 62.3 Å². The standard InChI is InChI=1S/C7H16N2O/c1-9(2)8-5-7-3-4-10-6-7/h7-8H,3-6H2,1-2H3. The van der Waals surface area contributed by atoms with Gasteiger partial charge in [0.15, 0.2) is 0 Å². The maximum Gasteiger partial charge on any atom is 0.0507 e. The Kier molecular flexibility index (Phi) is 3.12. The Morgan fingerprint density at radius 3 is 2.90 bits per heavy atom. The number of hydrogen-bond donors (Lipinski definition) is 1. The summed E-state index contributed by atoms with van der Waals surface area (Å²) in [6, 6.07) is 0.